The zero-order valence-electron chi connectivity index (χ0n) is 14.4. The molecule has 4 unspecified atom stereocenters. The fourth-order valence-electron chi connectivity index (χ4n) is 3.37. The van der Waals surface area contributed by atoms with Crippen LogP contribution in [0.1, 0.15) is 6.42 Å². The number of nitrogens with one attached hydrogen (secondary N) is 1. The quantitative estimate of drug-likeness (QED) is 0.398. The van der Waals surface area contributed by atoms with E-state index in [1.165, 1.54) is 23.5 Å². The summed E-state index contributed by atoms with van der Waals surface area (Å²) in [6, 6.07) is 3.67. The van der Waals surface area contributed by atoms with Crippen molar-refractivity contribution in [1.29, 1.82) is 0 Å². The van der Waals surface area contributed by atoms with Gasteiger partial charge in [-0.25, -0.2) is 14.4 Å². The van der Waals surface area contributed by atoms with Crippen molar-refractivity contribution < 1.29 is 19.7 Å². The molecule has 4 rings (SSSR count). The fraction of sp³-hybridized carbons (Fsp3) is 0.353. The molecular weight excluding hydrogens is 409 g/mol. The van der Waals surface area contributed by atoms with E-state index in [4.69, 9.17) is 17.3 Å². The molecule has 0 spiro atoms. The van der Waals surface area contributed by atoms with Crippen LogP contribution >= 0.6 is 22.9 Å². The van der Waals surface area contributed by atoms with Crippen LogP contribution in [0.15, 0.2) is 18.2 Å². The van der Waals surface area contributed by atoms with Gasteiger partial charge in [-0.05, 0) is 24.6 Å². The SMILES string of the molecule is Nc1nc(Cl)c(-c2nc3ccc(F)cc3s2)c(NC2CC(CO)C(O)C2O)n1. The Hall–Kier alpha value is -2.11. The lowest BCUT2D eigenvalue weighted by atomic mass is 10.1. The molecule has 11 heteroatoms. The molecule has 4 atom stereocenters. The van der Waals surface area contributed by atoms with Crippen LogP contribution < -0.4 is 11.1 Å². The number of aliphatic hydroxyl groups excluding tert-OH is 3. The van der Waals surface area contributed by atoms with E-state index in [9.17, 15) is 19.7 Å². The number of nitrogens with two attached hydrogens (primary N) is 1. The molecule has 2 heterocycles. The van der Waals surface area contributed by atoms with Crippen LogP contribution in [0.5, 0.6) is 0 Å². The normalized spacial score (nSPS) is 24.8. The molecule has 8 nitrogen and oxygen atoms in total. The molecule has 148 valence electrons. The summed E-state index contributed by atoms with van der Waals surface area (Å²) < 4.78 is 14.1. The maximum absolute atomic E-state index is 13.5. The Balaban J connectivity index is 1.75. The summed E-state index contributed by atoms with van der Waals surface area (Å²) in [5.74, 6) is -0.670. The highest BCUT2D eigenvalue weighted by atomic mass is 35.5. The van der Waals surface area contributed by atoms with E-state index in [1.807, 2.05) is 0 Å². The molecule has 1 saturated carbocycles. The zero-order chi connectivity index (χ0) is 20.0. The van der Waals surface area contributed by atoms with E-state index in [0.717, 1.165) is 0 Å². The lowest BCUT2D eigenvalue weighted by Gasteiger charge is -2.20. The largest absolute Gasteiger partial charge is 0.396 e. The van der Waals surface area contributed by atoms with E-state index >= 15 is 0 Å². The van der Waals surface area contributed by atoms with Crippen molar-refractivity contribution >= 4 is 44.9 Å². The van der Waals surface area contributed by atoms with Gasteiger partial charge in [-0.3, -0.25) is 0 Å². The number of aromatic nitrogens is 3. The van der Waals surface area contributed by atoms with Crippen molar-refractivity contribution in [2.75, 3.05) is 17.7 Å². The Morgan fingerprint density at radius 1 is 1.25 bits per heavy atom. The first-order valence-electron chi connectivity index (χ1n) is 8.50. The third-order valence-corrected chi connectivity index (χ3v) is 6.11. The maximum atomic E-state index is 13.5. The number of aliphatic hydroxyl groups is 3. The van der Waals surface area contributed by atoms with Crippen molar-refractivity contribution in [3.05, 3.63) is 29.2 Å². The molecule has 0 saturated heterocycles. The topological polar surface area (TPSA) is 137 Å². The van der Waals surface area contributed by atoms with E-state index in [2.05, 4.69) is 20.3 Å². The van der Waals surface area contributed by atoms with Crippen LogP contribution in [-0.2, 0) is 0 Å². The molecular formula is C17H17ClFN5O3S. The smallest absolute Gasteiger partial charge is 0.223 e. The van der Waals surface area contributed by atoms with Gasteiger partial charge in [-0.1, -0.05) is 11.6 Å². The van der Waals surface area contributed by atoms with Crippen LogP contribution in [-0.4, -0.2) is 55.1 Å². The van der Waals surface area contributed by atoms with E-state index < -0.39 is 24.2 Å². The van der Waals surface area contributed by atoms with Gasteiger partial charge in [0.1, 0.15) is 27.9 Å². The number of rotatable bonds is 4. The Morgan fingerprint density at radius 3 is 2.75 bits per heavy atom. The first-order valence-corrected chi connectivity index (χ1v) is 9.70. The lowest BCUT2D eigenvalue weighted by molar-refractivity contribution is 0.00446. The molecule has 0 radical (unpaired) electrons. The van der Waals surface area contributed by atoms with Crippen molar-refractivity contribution in [3.63, 3.8) is 0 Å². The summed E-state index contributed by atoms with van der Waals surface area (Å²) in [5.41, 5.74) is 6.69. The van der Waals surface area contributed by atoms with Gasteiger partial charge >= 0.3 is 0 Å². The number of fused-ring (bicyclic) bond motifs is 1. The number of hydrogen-bond donors (Lipinski definition) is 5. The number of nitrogen functional groups attached to an aromatic ring is 1. The fourth-order valence-corrected chi connectivity index (χ4v) is 4.73. The van der Waals surface area contributed by atoms with Crippen LogP contribution in [0.3, 0.4) is 0 Å². The second kappa shape index (κ2) is 7.37. The van der Waals surface area contributed by atoms with Crippen molar-refractivity contribution in [1.82, 2.24) is 15.0 Å². The molecule has 1 aliphatic rings. The second-order valence-corrected chi connectivity index (χ2v) is 8.03. The van der Waals surface area contributed by atoms with E-state index in [1.54, 1.807) is 6.07 Å². The summed E-state index contributed by atoms with van der Waals surface area (Å²) in [4.78, 5) is 12.6. The zero-order valence-corrected chi connectivity index (χ0v) is 16.0. The molecule has 3 aromatic rings. The maximum Gasteiger partial charge on any atom is 0.223 e. The number of benzene rings is 1. The third kappa shape index (κ3) is 3.38. The highest BCUT2D eigenvalue weighted by molar-refractivity contribution is 7.21. The van der Waals surface area contributed by atoms with Crippen molar-refractivity contribution in [2.24, 2.45) is 5.92 Å². The summed E-state index contributed by atoms with van der Waals surface area (Å²) in [6.45, 7) is -0.251. The first kappa shape index (κ1) is 19.2. The van der Waals surface area contributed by atoms with Gasteiger partial charge in [0.05, 0.1) is 27.9 Å². The second-order valence-electron chi connectivity index (χ2n) is 6.64. The molecule has 1 aromatic carbocycles. The minimum atomic E-state index is -1.11. The Labute approximate surface area is 167 Å². The van der Waals surface area contributed by atoms with Crippen molar-refractivity contribution in [2.45, 2.75) is 24.7 Å². The Kier molecular flexibility index (Phi) is 5.06. The number of hydrogen-bond acceptors (Lipinski definition) is 9. The minimum absolute atomic E-state index is 0.0567. The van der Waals surface area contributed by atoms with Gasteiger partial charge in [0.2, 0.25) is 5.95 Å². The standard InChI is InChI=1S/C17H17ClFN5O3S/c18-14-11(16-22-8-2-1-7(19)4-10(8)28-16)15(24-17(20)23-14)21-9-3-6(5-25)12(26)13(9)27/h1-2,4,6,9,12-13,25-27H,3,5H2,(H3,20,21,23,24). The summed E-state index contributed by atoms with van der Waals surface area (Å²) >= 11 is 7.52. The minimum Gasteiger partial charge on any atom is -0.396 e. The predicted octanol–water partition coefficient (Wildman–Crippen LogP) is 1.64. The van der Waals surface area contributed by atoms with Gasteiger partial charge in [0.15, 0.2) is 0 Å². The number of halogens is 2. The lowest BCUT2D eigenvalue weighted by Crippen LogP contribution is -2.35. The summed E-state index contributed by atoms with van der Waals surface area (Å²) in [6.07, 6.45) is -1.85. The van der Waals surface area contributed by atoms with Crippen LogP contribution in [0.25, 0.3) is 20.8 Å². The van der Waals surface area contributed by atoms with Crippen molar-refractivity contribution in [3.8, 4) is 10.6 Å². The predicted molar refractivity (Wildman–Crippen MR) is 105 cm³/mol. The molecule has 1 fully saturated rings. The van der Waals surface area contributed by atoms with Gasteiger partial charge in [0.25, 0.3) is 0 Å². The molecule has 28 heavy (non-hydrogen) atoms. The number of anilines is 2. The summed E-state index contributed by atoms with van der Waals surface area (Å²) in [7, 11) is 0. The van der Waals surface area contributed by atoms with Crippen LogP contribution in [0.2, 0.25) is 5.15 Å². The number of thiazole rings is 1. The van der Waals surface area contributed by atoms with Gasteiger partial charge in [0, 0.05) is 12.5 Å². The average molecular weight is 426 g/mol. The third-order valence-electron chi connectivity index (χ3n) is 4.80. The summed E-state index contributed by atoms with van der Waals surface area (Å²) in [5, 5.41) is 33.2. The average Bonchev–Trinajstić information content (AvgIpc) is 3.16. The van der Waals surface area contributed by atoms with Gasteiger partial charge < -0.3 is 26.4 Å². The molecule has 1 aliphatic carbocycles. The molecule has 0 amide bonds. The number of nitrogens with zero attached hydrogens (tertiary/aromatic N) is 3. The molecule has 0 bridgehead atoms. The highest BCUT2D eigenvalue weighted by Crippen LogP contribution is 2.39. The first-order chi connectivity index (χ1) is 13.4. The molecule has 2 aromatic heterocycles. The van der Waals surface area contributed by atoms with E-state index in [0.29, 0.717) is 27.2 Å². The van der Waals surface area contributed by atoms with Crippen LogP contribution in [0.4, 0.5) is 16.2 Å². The molecule has 0 aliphatic heterocycles. The van der Waals surface area contributed by atoms with Crippen LogP contribution in [0, 0.1) is 11.7 Å². The highest BCUT2D eigenvalue weighted by Gasteiger charge is 2.41. The Morgan fingerprint density at radius 2 is 2.04 bits per heavy atom. The van der Waals surface area contributed by atoms with E-state index in [-0.39, 0.29) is 29.3 Å². The van der Waals surface area contributed by atoms with Gasteiger partial charge in [-0.15, -0.1) is 11.3 Å². The molecule has 6 N–H and O–H groups in total. The monoisotopic (exact) mass is 425 g/mol. The van der Waals surface area contributed by atoms with Gasteiger partial charge in [-0.2, -0.15) is 4.98 Å². The Bertz CT molecular complexity index is 1040.